The van der Waals surface area contributed by atoms with Gasteiger partial charge in [0.15, 0.2) is 0 Å². The average molecular weight is 210 g/mol. The quantitative estimate of drug-likeness (QED) is 0.672. The molecule has 2 rings (SSSR count). The summed E-state index contributed by atoms with van der Waals surface area (Å²) in [7, 11) is 0. The highest BCUT2D eigenvalue weighted by Gasteiger charge is 2.15. The minimum absolute atomic E-state index is 0. The second-order valence-corrected chi connectivity index (χ2v) is 2.88. The molecule has 3 nitrogen and oxygen atoms in total. The molecule has 5 heteroatoms. The van der Waals surface area contributed by atoms with E-state index in [4.69, 9.17) is 5.73 Å². The molecule has 1 heterocycles. The van der Waals surface area contributed by atoms with E-state index in [0.717, 1.165) is 19.3 Å². The van der Waals surface area contributed by atoms with Crippen molar-refractivity contribution < 1.29 is 0 Å². The van der Waals surface area contributed by atoms with Gasteiger partial charge in [0.05, 0.1) is 6.20 Å². The summed E-state index contributed by atoms with van der Waals surface area (Å²) in [4.78, 5) is 0. The summed E-state index contributed by atoms with van der Waals surface area (Å²) in [5.74, 6) is 0. The SMILES string of the molecule is Cl.Cl.N[C@H]1CCc2[nH]ncc2C1. The van der Waals surface area contributed by atoms with Gasteiger partial charge in [-0.15, -0.1) is 24.8 Å². The van der Waals surface area contributed by atoms with Gasteiger partial charge in [-0.05, 0) is 24.8 Å². The van der Waals surface area contributed by atoms with Crippen molar-refractivity contribution in [3.63, 3.8) is 0 Å². The van der Waals surface area contributed by atoms with Crippen molar-refractivity contribution in [2.75, 3.05) is 0 Å². The van der Waals surface area contributed by atoms with Gasteiger partial charge in [-0.3, -0.25) is 5.10 Å². The van der Waals surface area contributed by atoms with Gasteiger partial charge in [0.2, 0.25) is 0 Å². The lowest BCUT2D eigenvalue weighted by molar-refractivity contribution is 0.571. The van der Waals surface area contributed by atoms with Crippen LogP contribution in [0.2, 0.25) is 0 Å². The fourth-order valence-electron chi connectivity index (χ4n) is 1.44. The van der Waals surface area contributed by atoms with E-state index in [-0.39, 0.29) is 24.8 Å². The van der Waals surface area contributed by atoms with E-state index in [9.17, 15) is 0 Å². The van der Waals surface area contributed by atoms with E-state index in [1.807, 2.05) is 6.20 Å². The van der Waals surface area contributed by atoms with E-state index in [1.54, 1.807) is 0 Å². The minimum atomic E-state index is 0. The number of nitrogens with two attached hydrogens (primary N) is 1. The van der Waals surface area contributed by atoms with Gasteiger partial charge >= 0.3 is 0 Å². The molecular weight excluding hydrogens is 197 g/mol. The summed E-state index contributed by atoms with van der Waals surface area (Å²) >= 11 is 0. The number of H-pyrrole nitrogens is 1. The Kier molecular flexibility index (Phi) is 4.60. The Balaban J connectivity index is 0.000000605. The van der Waals surface area contributed by atoms with Crippen LogP contribution in [-0.4, -0.2) is 16.2 Å². The maximum atomic E-state index is 5.77. The van der Waals surface area contributed by atoms with Gasteiger partial charge < -0.3 is 5.73 Å². The monoisotopic (exact) mass is 209 g/mol. The molecule has 1 atom stereocenters. The first-order chi connectivity index (χ1) is 4.86. The number of nitrogens with one attached hydrogen (secondary N) is 1. The van der Waals surface area contributed by atoms with Gasteiger partial charge in [0.25, 0.3) is 0 Å². The van der Waals surface area contributed by atoms with E-state index < -0.39 is 0 Å². The second-order valence-electron chi connectivity index (χ2n) is 2.88. The maximum absolute atomic E-state index is 5.77. The zero-order valence-electron chi connectivity index (χ0n) is 6.62. The van der Waals surface area contributed by atoms with Crippen LogP contribution in [0.4, 0.5) is 0 Å². The van der Waals surface area contributed by atoms with Crippen LogP contribution in [0.5, 0.6) is 0 Å². The predicted octanol–water partition coefficient (Wildman–Crippen LogP) is 1.07. The number of hydrogen-bond acceptors (Lipinski definition) is 2. The smallest absolute Gasteiger partial charge is 0.0522 e. The zero-order valence-corrected chi connectivity index (χ0v) is 8.25. The van der Waals surface area contributed by atoms with E-state index in [0.29, 0.717) is 6.04 Å². The Morgan fingerprint density at radius 3 is 3.00 bits per heavy atom. The van der Waals surface area contributed by atoms with Crippen LogP contribution >= 0.6 is 24.8 Å². The Labute approximate surface area is 83.9 Å². The fourth-order valence-corrected chi connectivity index (χ4v) is 1.44. The Morgan fingerprint density at radius 2 is 2.25 bits per heavy atom. The molecule has 70 valence electrons. The Hall–Kier alpha value is -0.250. The van der Waals surface area contributed by atoms with E-state index in [1.165, 1.54) is 11.3 Å². The first-order valence-electron chi connectivity index (χ1n) is 3.63. The van der Waals surface area contributed by atoms with Gasteiger partial charge in [-0.1, -0.05) is 0 Å². The number of hydrogen-bond donors (Lipinski definition) is 2. The van der Waals surface area contributed by atoms with E-state index in [2.05, 4.69) is 10.2 Å². The van der Waals surface area contributed by atoms with Gasteiger partial charge in [0, 0.05) is 11.7 Å². The Morgan fingerprint density at radius 1 is 1.50 bits per heavy atom. The summed E-state index contributed by atoms with van der Waals surface area (Å²) in [5, 5.41) is 6.93. The van der Waals surface area contributed by atoms with Crippen molar-refractivity contribution in [1.82, 2.24) is 10.2 Å². The third-order valence-electron chi connectivity index (χ3n) is 2.05. The third-order valence-corrected chi connectivity index (χ3v) is 2.05. The van der Waals surface area contributed by atoms with Crippen LogP contribution in [0, 0.1) is 0 Å². The highest BCUT2D eigenvalue weighted by Crippen LogP contribution is 2.16. The summed E-state index contributed by atoms with van der Waals surface area (Å²) in [6.45, 7) is 0. The highest BCUT2D eigenvalue weighted by molar-refractivity contribution is 5.85. The number of aryl methyl sites for hydroxylation is 1. The van der Waals surface area contributed by atoms with Crippen LogP contribution in [0.25, 0.3) is 0 Å². The average Bonchev–Trinajstić information content (AvgIpc) is 2.33. The molecule has 1 aromatic heterocycles. The molecule has 0 spiro atoms. The zero-order chi connectivity index (χ0) is 6.97. The van der Waals surface area contributed by atoms with Crippen molar-refractivity contribution in [3.8, 4) is 0 Å². The van der Waals surface area contributed by atoms with Crippen molar-refractivity contribution in [2.24, 2.45) is 5.73 Å². The number of fused-ring (bicyclic) bond motifs is 1. The normalized spacial score (nSPS) is 20.2. The molecule has 0 amide bonds. The lowest BCUT2D eigenvalue weighted by Gasteiger charge is -2.16. The molecule has 12 heavy (non-hydrogen) atoms. The molecule has 0 saturated carbocycles. The largest absolute Gasteiger partial charge is 0.327 e. The van der Waals surface area contributed by atoms with Crippen LogP contribution in [0.15, 0.2) is 6.20 Å². The van der Waals surface area contributed by atoms with Gasteiger partial charge in [-0.25, -0.2) is 0 Å². The molecular formula is C7H13Cl2N3. The second kappa shape index (κ2) is 4.70. The minimum Gasteiger partial charge on any atom is -0.327 e. The number of nitrogens with zero attached hydrogens (tertiary/aromatic N) is 1. The van der Waals surface area contributed by atoms with Crippen molar-refractivity contribution in [2.45, 2.75) is 25.3 Å². The van der Waals surface area contributed by atoms with Gasteiger partial charge in [-0.2, -0.15) is 5.10 Å². The lowest BCUT2D eigenvalue weighted by atomic mass is 9.94. The van der Waals surface area contributed by atoms with Crippen molar-refractivity contribution in [1.29, 1.82) is 0 Å². The topological polar surface area (TPSA) is 54.7 Å². The molecule has 0 saturated heterocycles. The summed E-state index contributed by atoms with van der Waals surface area (Å²) < 4.78 is 0. The van der Waals surface area contributed by atoms with Crippen molar-refractivity contribution >= 4 is 24.8 Å². The first-order valence-corrected chi connectivity index (χ1v) is 3.63. The number of halogens is 2. The number of aromatic amines is 1. The Bertz CT molecular complexity index is 236. The van der Waals surface area contributed by atoms with Gasteiger partial charge in [0.1, 0.15) is 0 Å². The third kappa shape index (κ3) is 2.12. The van der Waals surface area contributed by atoms with Crippen molar-refractivity contribution in [3.05, 3.63) is 17.5 Å². The molecule has 1 aliphatic carbocycles. The fraction of sp³-hybridized carbons (Fsp3) is 0.571. The number of rotatable bonds is 0. The van der Waals surface area contributed by atoms with Crippen LogP contribution in [-0.2, 0) is 12.8 Å². The first kappa shape index (κ1) is 11.8. The highest BCUT2D eigenvalue weighted by atomic mass is 35.5. The summed E-state index contributed by atoms with van der Waals surface area (Å²) in [6.07, 6.45) is 5.03. The van der Waals surface area contributed by atoms with E-state index >= 15 is 0 Å². The molecule has 0 fully saturated rings. The standard InChI is InChI=1S/C7H11N3.2ClH/c8-6-1-2-7-5(3-6)4-9-10-7;;/h4,6H,1-3,8H2,(H,9,10);2*1H/t6-;;/m0../s1. The molecule has 0 bridgehead atoms. The lowest BCUT2D eigenvalue weighted by Crippen LogP contribution is -2.27. The van der Waals surface area contributed by atoms with Crippen LogP contribution in [0.3, 0.4) is 0 Å². The molecule has 0 aromatic carbocycles. The molecule has 3 N–H and O–H groups in total. The summed E-state index contributed by atoms with van der Waals surface area (Å²) in [6, 6.07) is 0.352. The predicted molar refractivity (Wildman–Crippen MR) is 53.1 cm³/mol. The summed E-state index contributed by atoms with van der Waals surface area (Å²) in [5.41, 5.74) is 8.35. The maximum Gasteiger partial charge on any atom is 0.0522 e. The van der Waals surface area contributed by atoms with Crippen LogP contribution in [0.1, 0.15) is 17.7 Å². The molecule has 0 aliphatic heterocycles. The molecule has 0 radical (unpaired) electrons. The molecule has 1 aliphatic rings. The molecule has 0 unspecified atom stereocenters. The molecule has 1 aromatic rings. The van der Waals surface area contributed by atoms with Crippen LogP contribution < -0.4 is 5.73 Å². The number of aromatic nitrogens is 2.